The topological polar surface area (TPSA) is 66.4 Å². The number of allylic oxidation sites excluding steroid dienone is 2. The van der Waals surface area contributed by atoms with Crippen molar-refractivity contribution in [2.24, 2.45) is 11.8 Å². The molecule has 0 bridgehead atoms. The van der Waals surface area contributed by atoms with E-state index in [1.807, 2.05) is 0 Å². The van der Waals surface area contributed by atoms with Crippen LogP contribution in [0.4, 0.5) is 0 Å². The van der Waals surface area contributed by atoms with Crippen molar-refractivity contribution >= 4 is 11.9 Å². The standard InChI is InChI=1S/C23H40O4.Na/c1-2-3-4-5-6-7-8-9-10-11-12-13-16-19-27-23(26)21-18-15-14-17-20(21)22(24)25;/h2-3,20-21H,4-19H2,1H3,(H,24,25);/q;+1/p-1/b3-2+;. The van der Waals surface area contributed by atoms with Gasteiger partial charge in [0.15, 0.2) is 0 Å². The number of carbonyl (C=O) groups excluding carboxylic acids is 2. The first-order valence-corrected chi connectivity index (χ1v) is 11.2. The van der Waals surface area contributed by atoms with Crippen LogP contribution in [0.25, 0.3) is 0 Å². The van der Waals surface area contributed by atoms with Gasteiger partial charge in [-0.15, -0.1) is 0 Å². The van der Waals surface area contributed by atoms with Crippen LogP contribution >= 0.6 is 0 Å². The molecule has 1 saturated carbocycles. The number of carboxylic acid groups (broad SMARTS) is 1. The maximum Gasteiger partial charge on any atom is 1.00 e. The molecule has 0 aromatic carbocycles. The molecule has 5 heteroatoms. The molecule has 1 aliphatic rings. The van der Waals surface area contributed by atoms with E-state index >= 15 is 0 Å². The van der Waals surface area contributed by atoms with Crippen LogP contribution in [0.1, 0.15) is 103 Å². The fraction of sp³-hybridized carbons (Fsp3) is 0.826. The van der Waals surface area contributed by atoms with E-state index in [1.54, 1.807) is 0 Å². The third-order valence-electron chi connectivity index (χ3n) is 5.62. The number of ether oxygens (including phenoxy) is 1. The molecule has 28 heavy (non-hydrogen) atoms. The quantitative estimate of drug-likeness (QED) is 0.182. The largest absolute Gasteiger partial charge is 1.00 e. The van der Waals surface area contributed by atoms with Gasteiger partial charge in [0.2, 0.25) is 0 Å². The van der Waals surface area contributed by atoms with E-state index in [1.165, 1.54) is 57.8 Å². The number of carboxylic acids is 1. The predicted octanol–water partition coefficient (Wildman–Crippen LogP) is 1.96. The normalized spacial score (nSPS) is 19.3. The minimum Gasteiger partial charge on any atom is -0.550 e. The minimum absolute atomic E-state index is 0. The van der Waals surface area contributed by atoms with Crippen LogP contribution in [-0.4, -0.2) is 18.5 Å². The predicted molar refractivity (Wildman–Crippen MR) is 107 cm³/mol. The first-order chi connectivity index (χ1) is 13.2. The van der Waals surface area contributed by atoms with Gasteiger partial charge in [-0.05, 0) is 39.0 Å². The average molecular weight is 403 g/mol. The number of rotatable bonds is 15. The summed E-state index contributed by atoms with van der Waals surface area (Å²) >= 11 is 0. The molecule has 1 fully saturated rings. The first kappa shape index (κ1) is 27.7. The fourth-order valence-corrected chi connectivity index (χ4v) is 3.92. The molecule has 0 saturated heterocycles. The SMILES string of the molecule is C/C=C/CCCCCCCCCCCCOC(=O)C1CCCCC1C(=O)[O-].[Na+]. The third kappa shape index (κ3) is 13.0. The molecule has 0 spiro atoms. The molecule has 0 heterocycles. The molecule has 0 amide bonds. The van der Waals surface area contributed by atoms with E-state index in [0.29, 0.717) is 19.4 Å². The third-order valence-corrected chi connectivity index (χ3v) is 5.62. The molecule has 4 nitrogen and oxygen atoms in total. The minimum atomic E-state index is -1.10. The van der Waals surface area contributed by atoms with E-state index in [-0.39, 0.29) is 35.5 Å². The number of unbranched alkanes of at least 4 members (excludes halogenated alkanes) is 10. The van der Waals surface area contributed by atoms with Gasteiger partial charge in [0, 0.05) is 11.9 Å². The maximum absolute atomic E-state index is 12.1. The smallest absolute Gasteiger partial charge is 0.550 e. The number of carbonyl (C=O) groups is 2. The van der Waals surface area contributed by atoms with E-state index in [2.05, 4.69) is 19.1 Å². The second-order valence-electron chi connectivity index (χ2n) is 7.88. The van der Waals surface area contributed by atoms with Crippen molar-refractivity contribution in [1.29, 1.82) is 0 Å². The summed E-state index contributed by atoms with van der Waals surface area (Å²) in [4.78, 5) is 23.3. The summed E-state index contributed by atoms with van der Waals surface area (Å²) in [5.41, 5.74) is 0. The fourth-order valence-electron chi connectivity index (χ4n) is 3.92. The average Bonchev–Trinajstić information content (AvgIpc) is 2.68. The summed E-state index contributed by atoms with van der Waals surface area (Å²) in [6.45, 7) is 2.49. The van der Waals surface area contributed by atoms with Crippen LogP contribution in [-0.2, 0) is 14.3 Å². The van der Waals surface area contributed by atoms with Crippen molar-refractivity contribution in [2.45, 2.75) is 103 Å². The number of esters is 1. The van der Waals surface area contributed by atoms with Crippen LogP contribution < -0.4 is 34.7 Å². The zero-order valence-corrected chi connectivity index (χ0v) is 20.3. The number of hydrogen-bond acceptors (Lipinski definition) is 4. The Morgan fingerprint density at radius 1 is 0.857 bits per heavy atom. The van der Waals surface area contributed by atoms with Gasteiger partial charge in [0.05, 0.1) is 12.5 Å². The Balaban J connectivity index is 0.00000729. The molecule has 1 aliphatic carbocycles. The number of aliphatic carboxylic acids is 1. The molecule has 1 rings (SSSR count). The first-order valence-electron chi connectivity index (χ1n) is 11.2. The van der Waals surface area contributed by atoms with Gasteiger partial charge in [-0.2, -0.15) is 0 Å². The van der Waals surface area contributed by atoms with Crippen molar-refractivity contribution in [1.82, 2.24) is 0 Å². The molecular formula is C23H39NaO4. The maximum atomic E-state index is 12.1. The van der Waals surface area contributed by atoms with Crippen molar-refractivity contribution < 1.29 is 49.0 Å². The molecule has 0 aromatic rings. The Hall–Kier alpha value is -0.320. The molecular weight excluding hydrogens is 363 g/mol. The molecule has 0 aliphatic heterocycles. The molecule has 0 N–H and O–H groups in total. The number of hydrogen-bond donors (Lipinski definition) is 0. The molecule has 156 valence electrons. The van der Waals surface area contributed by atoms with Crippen LogP contribution in [0, 0.1) is 11.8 Å². The summed E-state index contributed by atoms with van der Waals surface area (Å²) in [6.07, 6.45) is 20.9. The van der Waals surface area contributed by atoms with Gasteiger partial charge in [-0.1, -0.05) is 76.4 Å². The monoisotopic (exact) mass is 402 g/mol. The van der Waals surface area contributed by atoms with E-state index in [9.17, 15) is 14.7 Å². The zero-order chi connectivity index (χ0) is 19.7. The summed E-state index contributed by atoms with van der Waals surface area (Å²) in [5.74, 6) is -2.59. The summed E-state index contributed by atoms with van der Waals surface area (Å²) < 4.78 is 5.33. The van der Waals surface area contributed by atoms with Gasteiger partial charge >= 0.3 is 35.5 Å². The molecule has 2 unspecified atom stereocenters. The van der Waals surface area contributed by atoms with Crippen LogP contribution in [0.2, 0.25) is 0 Å². The second kappa shape index (κ2) is 18.7. The Morgan fingerprint density at radius 3 is 1.89 bits per heavy atom. The molecule has 0 aromatic heterocycles. The Kier molecular flexibility index (Phi) is 18.5. The zero-order valence-electron chi connectivity index (χ0n) is 18.3. The Bertz CT molecular complexity index is 436. The van der Waals surface area contributed by atoms with Crippen molar-refractivity contribution in [3.63, 3.8) is 0 Å². The van der Waals surface area contributed by atoms with E-state index < -0.39 is 17.8 Å². The molecule has 2 atom stereocenters. The van der Waals surface area contributed by atoms with Crippen LogP contribution in [0.3, 0.4) is 0 Å². The van der Waals surface area contributed by atoms with Gasteiger partial charge in [0.1, 0.15) is 0 Å². The molecule has 0 radical (unpaired) electrons. The van der Waals surface area contributed by atoms with Crippen molar-refractivity contribution in [2.75, 3.05) is 6.61 Å². The van der Waals surface area contributed by atoms with Crippen molar-refractivity contribution in [3.05, 3.63) is 12.2 Å². The Morgan fingerprint density at radius 2 is 1.36 bits per heavy atom. The van der Waals surface area contributed by atoms with Crippen LogP contribution in [0.5, 0.6) is 0 Å². The van der Waals surface area contributed by atoms with Gasteiger partial charge in [0.25, 0.3) is 0 Å². The van der Waals surface area contributed by atoms with Gasteiger partial charge in [-0.3, -0.25) is 4.79 Å². The van der Waals surface area contributed by atoms with Crippen molar-refractivity contribution in [3.8, 4) is 0 Å². The van der Waals surface area contributed by atoms with Gasteiger partial charge < -0.3 is 14.6 Å². The van der Waals surface area contributed by atoms with Crippen LogP contribution in [0.15, 0.2) is 12.2 Å². The summed E-state index contributed by atoms with van der Waals surface area (Å²) in [7, 11) is 0. The van der Waals surface area contributed by atoms with E-state index in [0.717, 1.165) is 25.7 Å². The van der Waals surface area contributed by atoms with E-state index in [4.69, 9.17) is 4.74 Å². The summed E-state index contributed by atoms with van der Waals surface area (Å²) in [5, 5.41) is 11.1. The second-order valence-corrected chi connectivity index (χ2v) is 7.88. The van der Waals surface area contributed by atoms with Gasteiger partial charge in [-0.25, -0.2) is 0 Å². The summed E-state index contributed by atoms with van der Waals surface area (Å²) in [6, 6.07) is 0. The Labute approximate surface area is 194 Å².